The Balaban J connectivity index is 1.59. The molecule has 30 heavy (non-hydrogen) atoms. The van der Waals surface area contributed by atoms with E-state index >= 15 is 0 Å². The second-order valence-corrected chi connectivity index (χ2v) is 9.57. The summed E-state index contributed by atoms with van der Waals surface area (Å²) in [6.45, 7) is 2.29. The van der Waals surface area contributed by atoms with Crippen LogP contribution in [0.3, 0.4) is 0 Å². The number of hydrogen-bond donors (Lipinski definition) is 2. The van der Waals surface area contributed by atoms with Crippen LogP contribution in [-0.4, -0.2) is 32.8 Å². The minimum Gasteiger partial charge on any atom is -0.481 e. The molecule has 160 valence electrons. The van der Waals surface area contributed by atoms with Crippen molar-refractivity contribution in [1.82, 2.24) is 4.72 Å². The number of halogens is 1. The summed E-state index contributed by atoms with van der Waals surface area (Å²) in [4.78, 5) is 16.8. The minimum absolute atomic E-state index is 0.117. The molecule has 1 aliphatic heterocycles. The highest BCUT2D eigenvalue weighted by Gasteiger charge is 2.18. The third kappa shape index (κ3) is 6.30. The van der Waals surface area contributed by atoms with Crippen LogP contribution in [0.2, 0.25) is 0 Å². The van der Waals surface area contributed by atoms with Gasteiger partial charge in [0.1, 0.15) is 11.6 Å². The molecule has 0 fully saturated rings. The number of carbonyl (C=O) groups is 1. The topological polar surface area (TPSA) is 96.9 Å². The first-order chi connectivity index (χ1) is 14.3. The third-order valence-electron chi connectivity index (χ3n) is 4.55. The van der Waals surface area contributed by atoms with Crippen molar-refractivity contribution in [3.8, 4) is 5.75 Å². The maximum absolute atomic E-state index is 12.6. The van der Waals surface area contributed by atoms with E-state index in [0.717, 1.165) is 23.7 Å². The van der Waals surface area contributed by atoms with Gasteiger partial charge in [-0.25, -0.2) is 8.42 Å². The van der Waals surface area contributed by atoms with E-state index in [1.807, 2.05) is 12.1 Å². The monoisotopic (exact) mass is 493 g/mol. The summed E-state index contributed by atoms with van der Waals surface area (Å²) < 4.78 is 34.3. The molecule has 0 saturated heterocycles. The Kier molecular flexibility index (Phi) is 7.49. The number of carbonyl (C=O) groups excluding carboxylic acids is 1. The first-order valence-electron chi connectivity index (χ1n) is 9.73. The van der Waals surface area contributed by atoms with Gasteiger partial charge in [-0.2, -0.15) is 0 Å². The van der Waals surface area contributed by atoms with Crippen LogP contribution in [0.4, 0.5) is 5.69 Å². The highest BCUT2D eigenvalue weighted by molar-refractivity contribution is 9.10. The number of nitrogens with zero attached hydrogens (tertiary/aromatic N) is 1. The fraction of sp³-hybridized carbons (Fsp3) is 0.333. The number of aliphatic imine (C=N–C) groups is 1. The van der Waals surface area contributed by atoms with Crippen molar-refractivity contribution in [1.29, 1.82) is 0 Å². The van der Waals surface area contributed by atoms with Crippen molar-refractivity contribution in [2.24, 2.45) is 4.99 Å². The molecule has 0 spiro atoms. The summed E-state index contributed by atoms with van der Waals surface area (Å²) in [6.07, 6.45) is 2.86. The molecule has 0 saturated carbocycles. The molecule has 2 aromatic rings. The van der Waals surface area contributed by atoms with Crippen molar-refractivity contribution in [2.45, 2.75) is 43.6 Å². The van der Waals surface area contributed by atoms with Gasteiger partial charge in [-0.05, 0) is 68.3 Å². The summed E-state index contributed by atoms with van der Waals surface area (Å²) in [6, 6.07) is 13.2. The number of anilines is 1. The fourth-order valence-electron chi connectivity index (χ4n) is 2.90. The second kappa shape index (κ2) is 10.1. The molecular weight excluding hydrogens is 470 g/mol. The number of nitrogens with one attached hydrogen (secondary N) is 2. The number of amides is 1. The van der Waals surface area contributed by atoms with E-state index in [4.69, 9.17) is 4.74 Å². The first kappa shape index (κ1) is 22.3. The van der Waals surface area contributed by atoms with Gasteiger partial charge in [0.2, 0.25) is 0 Å². The highest BCUT2D eigenvalue weighted by Crippen LogP contribution is 2.19. The van der Waals surface area contributed by atoms with Gasteiger partial charge in [-0.3, -0.25) is 14.5 Å². The Bertz CT molecular complexity index is 1010. The van der Waals surface area contributed by atoms with Gasteiger partial charge < -0.3 is 10.1 Å². The first-order valence-corrected chi connectivity index (χ1v) is 12.0. The molecule has 0 radical (unpaired) electrons. The summed E-state index contributed by atoms with van der Waals surface area (Å²) in [5, 5.41) is 2.73. The molecule has 1 amide bonds. The molecular formula is C21H24BrN3O4S. The van der Waals surface area contributed by atoms with Crippen molar-refractivity contribution in [3.05, 3.63) is 53.0 Å². The smallest absolute Gasteiger partial charge is 0.265 e. The number of sulfonamides is 1. The van der Waals surface area contributed by atoms with Gasteiger partial charge in [0.15, 0.2) is 6.10 Å². The van der Waals surface area contributed by atoms with Crippen molar-refractivity contribution in [3.63, 3.8) is 0 Å². The fourth-order valence-corrected chi connectivity index (χ4v) is 4.26. The number of hydrogen-bond acceptors (Lipinski definition) is 5. The molecule has 9 heteroatoms. The molecule has 0 aromatic heterocycles. The molecule has 1 aliphatic rings. The average molecular weight is 494 g/mol. The van der Waals surface area contributed by atoms with E-state index in [-0.39, 0.29) is 10.8 Å². The maximum Gasteiger partial charge on any atom is 0.265 e. The summed E-state index contributed by atoms with van der Waals surface area (Å²) in [5.41, 5.74) is 0.483. The van der Waals surface area contributed by atoms with Gasteiger partial charge in [-0.1, -0.05) is 22.4 Å². The third-order valence-corrected chi connectivity index (χ3v) is 6.48. The molecule has 0 unspecified atom stereocenters. The van der Waals surface area contributed by atoms with Gasteiger partial charge in [-0.15, -0.1) is 0 Å². The molecule has 0 aliphatic carbocycles. The van der Waals surface area contributed by atoms with Crippen LogP contribution in [0.1, 0.15) is 32.6 Å². The van der Waals surface area contributed by atoms with Crippen LogP contribution in [0.5, 0.6) is 5.75 Å². The summed E-state index contributed by atoms with van der Waals surface area (Å²) in [7, 11) is -3.70. The van der Waals surface area contributed by atoms with E-state index in [2.05, 4.69) is 31.0 Å². The number of amidine groups is 1. The predicted molar refractivity (Wildman–Crippen MR) is 120 cm³/mol. The highest BCUT2D eigenvalue weighted by atomic mass is 79.9. The van der Waals surface area contributed by atoms with Gasteiger partial charge >= 0.3 is 0 Å². The zero-order chi connectivity index (χ0) is 21.6. The quantitative estimate of drug-likeness (QED) is 0.632. The van der Waals surface area contributed by atoms with Crippen LogP contribution >= 0.6 is 15.9 Å². The van der Waals surface area contributed by atoms with Crippen LogP contribution in [0.15, 0.2) is 62.9 Å². The Morgan fingerprint density at radius 2 is 1.77 bits per heavy atom. The normalized spacial score (nSPS) is 15.5. The van der Waals surface area contributed by atoms with Crippen molar-refractivity contribution in [2.75, 3.05) is 11.9 Å². The predicted octanol–water partition coefficient (Wildman–Crippen LogP) is 4.11. The van der Waals surface area contributed by atoms with Crippen LogP contribution in [0, 0.1) is 0 Å². The minimum atomic E-state index is -3.70. The number of ether oxygens (including phenoxy) is 1. The van der Waals surface area contributed by atoms with E-state index in [9.17, 15) is 13.2 Å². The van der Waals surface area contributed by atoms with E-state index < -0.39 is 16.1 Å². The van der Waals surface area contributed by atoms with E-state index in [1.165, 1.54) is 12.1 Å². The Labute approximate surface area is 185 Å². The lowest BCUT2D eigenvalue weighted by molar-refractivity contribution is -0.122. The zero-order valence-corrected chi connectivity index (χ0v) is 19.0. The van der Waals surface area contributed by atoms with Crippen LogP contribution in [0.25, 0.3) is 0 Å². The van der Waals surface area contributed by atoms with Crippen molar-refractivity contribution < 1.29 is 17.9 Å². The summed E-state index contributed by atoms with van der Waals surface area (Å²) in [5.74, 6) is 0.748. The number of benzene rings is 2. The van der Waals surface area contributed by atoms with Gasteiger partial charge in [0, 0.05) is 23.1 Å². The van der Waals surface area contributed by atoms with Crippen LogP contribution in [-0.2, 0) is 14.8 Å². The molecule has 2 N–H and O–H groups in total. The van der Waals surface area contributed by atoms with Gasteiger partial charge in [0.25, 0.3) is 15.9 Å². The number of rotatable bonds is 6. The largest absolute Gasteiger partial charge is 0.481 e. The van der Waals surface area contributed by atoms with E-state index in [1.54, 1.807) is 31.2 Å². The second-order valence-electron chi connectivity index (χ2n) is 6.97. The summed E-state index contributed by atoms with van der Waals surface area (Å²) >= 11 is 3.35. The van der Waals surface area contributed by atoms with E-state index in [0.29, 0.717) is 30.2 Å². The standard InChI is InChI=1S/C21H24BrN3O4S/c1-15(29-18-10-6-16(22)7-11-18)21(26)24-17-8-12-19(13-9-17)30(27,28)25-20-5-3-2-4-14-23-20/h6-13,15H,2-5,14H2,1H3,(H,23,25)(H,24,26)/t15-/m1/s1. The lowest BCUT2D eigenvalue weighted by atomic mass is 10.2. The Morgan fingerprint density at radius 1 is 1.07 bits per heavy atom. The molecule has 7 nitrogen and oxygen atoms in total. The molecule has 1 atom stereocenters. The van der Waals surface area contributed by atoms with Crippen LogP contribution < -0.4 is 14.8 Å². The van der Waals surface area contributed by atoms with Gasteiger partial charge in [0.05, 0.1) is 4.90 Å². The molecule has 0 bridgehead atoms. The molecule has 3 rings (SSSR count). The lowest BCUT2D eigenvalue weighted by Crippen LogP contribution is -2.31. The average Bonchev–Trinajstić information content (AvgIpc) is 2.98. The lowest BCUT2D eigenvalue weighted by Gasteiger charge is -2.15. The maximum atomic E-state index is 12.6. The SMILES string of the molecule is C[C@@H](Oc1ccc(Br)cc1)C(=O)Nc1ccc(S(=O)(=O)NC2=NCCCCC2)cc1. The zero-order valence-electron chi connectivity index (χ0n) is 16.6. The molecule has 2 aromatic carbocycles. The van der Waals surface area contributed by atoms with Crippen molar-refractivity contribution >= 4 is 43.4 Å². The Morgan fingerprint density at radius 3 is 2.47 bits per heavy atom. The Hall–Kier alpha value is -2.39. The molecule has 1 heterocycles.